The summed E-state index contributed by atoms with van der Waals surface area (Å²) >= 11 is 0. The van der Waals surface area contributed by atoms with Gasteiger partial charge in [-0.25, -0.2) is 14.6 Å². The number of allylic oxidation sites excluding steroid dienone is 1. The normalized spacial score (nSPS) is 11.4. The zero-order valence-electron chi connectivity index (χ0n) is 33.0. The molecule has 3 aromatic heterocycles. The summed E-state index contributed by atoms with van der Waals surface area (Å²) in [5.41, 5.74) is 7.14. The van der Waals surface area contributed by atoms with Gasteiger partial charge < -0.3 is 18.1 Å². The van der Waals surface area contributed by atoms with Gasteiger partial charge in [-0.1, -0.05) is 153 Å². The van der Waals surface area contributed by atoms with E-state index in [-0.39, 0.29) is 23.8 Å². The van der Waals surface area contributed by atoms with Crippen LogP contribution in [0.5, 0.6) is 0 Å². The van der Waals surface area contributed by atoms with Crippen LogP contribution in [-0.4, -0.2) is 35.7 Å². The highest BCUT2D eigenvalue weighted by Gasteiger charge is 2.41. The lowest BCUT2D eigenvalue weighted by molar-refractivity contribution is 0.0430. The third-order valence-electron chi connectivity index (χ3n) is 10.3. The summed E-state index contributed by atoms with van der Waals surface area (Å²) in [5, 5.41) is 14.6. The van der Waals surface area contributed by atoms with Crippen LogP contribution in [0.3, 0.4) is 0 Å². The fourth-order valence-corrected chi connectivity index (χ4v) is 7.55. The molecule has 0 N–H and O–H groups in total. The lowest BCUT2D eigenvalue weighted by atomic mass is 9.77. The van der Waals surface area contributed by atoms with Crippen LogP contribution in [-0.2, 0) is 29.8 Å². The van der Waals surface area contributed by atoms with Crippen molar-refractivity contribution in [1.29, 1.82) is 0 Å². The average molecular weight is 783 g/mol. The van der Waals surface area contributed by atoms with Gasteiger partial charge in [-0.15, -0.1) is 15.0 Å². The summed E-state index contributed by atoms with van der Waals surface area (Å²) in [4.78, 5) is 31.9. The van der Waals surface area contributed by atoms with Crippen LogP contribution in [0.25, 0.3) is 28.1 Å². The predicted molar refractivity (Wildman–Crippen MR) is 224 cm³/mol. The number of tetrazole rings is 1. The van der Waals surface area contributed by atoms with E-state index >= 15 is 0 Å². The minimum absolute atomic E-state index is 0.150. The van der Waals surface area contributed by atoms with Crippen molar-refractivity contribution in [2.45, 2.75) is 52.3 Å². The van der Waals surface area contributed by atoms with Crippen LogP contribution in [0.1, 0.15) is 76.0 Å². The standard InChI is InChI=1S/C48H42N6O5/c1-5-17-42-49-43(32(2)3)44(46(55)57-31-41-33(4)58-47(56)59-41)53(42)30-34-26-28-35(29-27-34)39-24-15-16-25-40(39)45-50-52-54(51-45)48(36-18-9-6-10-19-36,37-20-11-7-12-21-37)38-22-13-8-14-23-38/h6-16,18-29H,2,5,17,30-31H2,1,3-4H3. The van der Waals surface area contributed by atoms with Crippen molar-refractivity contribution >= 4 is 11.5 Å². The smallest absolute Gasteiger partial charge is 0.453 e. The van der Waals surface area contributed by atoms with Crippen LogP contribution in [0.2, 0.25) is 0 Å². The molecule has 11 heteroatoms. The summed E-state index contributed by atoms with van der Waals surface area (Å²) in [5.74, 6) is 0.172. The number of esters is 1. The number of carbonyl (C=O) groups excluding carboxylic acids is 1. The van der Waals surface area contributed by atoms with Crippen molar-refractivity contribution in [1.82, 2.24) is 29.8 Å². The van der Waals surface area contributed by atoms with Gasteiger partial charge in [0.25, 0.3) is 0 Å². The molecule has 0 amide bonds. The Kier molecular flexibility index (Phi) is 10.8. The van der Waals surface area contributed by atoms with Crippen LogP contribution in [0, 0.1) is 6.92 Å². The molecule has 0 radical (unpaired) electrons. The maximum absolute atomic E-state index is 13.7. The Labute approximate surface area is 341 Å². The Hall–Kier alpha value is -7.40. The van der Waals surface area contributed by atoms with E-state index in [1.54, 1.807) is 11.7 Å². The zero-order chi connectivity index (χ0) is 40.9. The highest BCUT2D eigenvalue weighted by molar-refractivity contribution is 5.93. The van der Waals surface area contributed by atoms with E-state index in [1.807, 2.05) is 96.4 Å². The van der Waals surface area contributed by atoms with Crippen LogP contribution < -0.4 is 5.82 Å². The fourth-order valence-electron chi connectivity index (χ4n) is 7.55. The zero-order valence-corrected chi connectivity index (χ0v) is 33.0. The molecule has 0 saturated heterocycles. The average Bonchev–Trinajstić information content (AvgIpc) is 3.99. The number of carbonyl (C=O) groups is 1. The molecule has 0 fully saturated rings. The van der Waals surface area contributed by atoms with Crippen molar-refractivity contribution in [3.63, 3.8) is 0 Å². The van der Waals surface area contributed by atoms with Gasteiger partial charge in [0.05, 0.1) is 5.69 Å². The van der Waals surface area contributed by atoms with Crippen LogP contribution in [0.15, 0.2) is 160 Å². The van der Waals surface area contributed by atoms with Crippen molar-refractivity contribution in [3.05, 3.63) is 208 Å². The largest absolute Gasteiger partial charge is 0.519 e. The number of nitrogens with zero attached hydrogens (tertiary/aromatic N) is 6. The molecule has 0 aliphatic rings. The number of hydrogen-bond acceptors (Lipinski definition) is 9. The van der Waals surface area contributed by atoms with E-state index in [9.17, 15) is 9.59 Å². The number of benzene rings is 5. The van der Waals surface area contributed by atoms with Gasteiger partial charge in [-0.2, -0.15) is 0 Å². The van der Waals surface area contributed by atoms with E-state index in [2.05, 4.69) is 68.1 Å². The Morgan fingerprint density at radius 3 is 1.90 bits per heavy atom. The predicted octanol–water partition coefficient (Wildman–Crippen LogP) is 9.29. The van der Waals surface area contributed by atoms with Gasteiger partial charge >= 0.3 is 11.8 Å². The molecule has 0 atom stereocenters. The summed E-state index contributed by atoms with van der Waals surface area (Å²) in [6, 6.07) is 47.0. The highest BCUT2D eigenvalue weighted by Crippen LogP contribution is 2.40. The van der Waals surface area contributed by atoms with Gasteiger partial charge in [0.1, 0.15) is 5.82 Å². The summed E-state index contributed by atoms with van der Waals surface area (Å²) in [6.07, 6.45) is 1.46. The van der Waals surface area contributed by atoms with E-state index < -0.39 is 17.3 Å². The van der Waals surface area contributed by atoms with Gasteiger partial charge in [-0.05, 0) is 64.4 Å². The number of aryl methyl sites for hydroxylation is 2. The maximum Gasteiger partial charge on any atom is 0.519 e. The fraction of sp³-hybridized carbons (Fsp3) is 0.167. The molecule has 8 aromatic rings. The number of rotatable bonds is 14. The molecule has 5 aromatic carbocycles. The molecule has 294 valence electrons. The molecule has 11 nitrogen and oxygen atoms in total. The van der Waals surface area contributed by atoms with Crippen LogP contribution >= 0.6 is 0 Å². The number of hydrogen-bond donors (Lipinski definition) is 0. The number of imidazole rings is 1. The van der Waals surface area contributed by atoms with E-state index in [0.29, 0.717) is 30.1 Å². The second-order valence-corrected chi connectivity index (χ2v) is 14.3. The molecule has 59 heavy (non-hydrogen) atoms. The van der Waals surface area contributed by atoms with Gasteiger partial charge in [-0.3, -0.25) is 0 Å². The topological polar surface area (TPSA) is 131 Å². The van der Waals surface area contributed by atoms with E-state index in [1.165, 1.54) is 0 Å². The summed E-state index contributed by atoms with van der Waals surface area (Å²) < 4.78 is 17.5. The maximum atomic E-state index is 13.7. The van der Waals surface area contributed by atoms with Crippen molar-refractivity contribution < 1.29 is 18.4 Å². The molecule has 0 aliphatic heterocycles. The molecular weight excluding hydrogens is 741 g/mol. The minimum Gasteiger partial charge on any atom is -0.453 e. The third-order valence-corrected chi connectivity index (χ3v) is 10.3. The lowest BCUT2D eigenvalue weighted by Crippen LogP contribution is -2.39. The molecule has 0 unspecified atom stereocenters. The first-order chi connectivity index (χ1) is 28.8. The van der Waals surface area contributed by atoms with Crippen molar-refractivity contribution in [3.8, 4) is 22.5 Å². The monoisotopic (exact) mass is 782 g/mol. The van der Waals surface area contributed by atoms with Gasteiger partial charge in [0.15, 0.2) is 29.4 Å². The van der Waals surface area contributed by atoms with Crippen molar-refractivity contribution in [2.24, 2.45) is 0 Å². The second kappa shape index (κ2) is 16.6. The van der Waals surface area contributed by atoms with Gasteiger partial charge in [0.2, 0.25) is 5.82 Å². The Bertz CT molecular complexity index is 2690. The molecule has 0 spiro atoms. The molecule has 0 saturated carbocycles. The van der Waals surface area contributed by atoms with Crippen molar-refractivity contribution in [2.75, 3.05) is 0 Å². The SMILES string of the molecule is C=C(C)c1nc(CCC)n(Cc2ccc(-c3ccccc3-c3nnn(C(c4ccccc4)(c4ccccc4)c4ccccc4)n3)cc2)c1C(=O)OCc1oc(=O)oc1C. The molecule has 0 aliphatic carbocycles. The lowest BCUT2D eigenvalue weighted by Gasteiger charge is -2.34. The third kappa shape index (κ3) is 7.46. The Morgan fingerprint density at radius 1 is 0.780 bits per heavy atom. The van der Waals surface area contributed by atoms with E-state index in [4.69, 9.17) is 34.0 Å². The first-order valence-corrected chi connectivity index (χ1v) is 19.5. The van der Waals surface area contributed by atoms with Crippen LogP contribution in [0.4, 0.5) is 0 Å². The minimum atomic E-state index is -0.904. The second-order valence-electron chi connectivity index (χ2n) is 14.3. The number of aromatic nitrogens is 6. The highest BCUT2D eigenvalue weighted by atomic mass is 16.6. The quantitative estimate of drug-likeness (QED) is 0.0782. The summed E-state index contributed by atoms with van der Waals surface area (Å²) in [6.45, 7) is 9.64. The number of ether oxygens (including phenoxy) is 1. The Morgan fingerprint density at radius 2 is 1.36 bits per heavy atom. The molecule has 0 bridgehead atoms. The molecular formula is C48H42N6O5. The van der Waals surface area contributed by atoms with E-state index in [0.717, 1.165) is 51.2 Å². The van der Waals surface area contributed by atoms with Gasteiger partial charge in [0, 0.05) is 18.5 Å². The molecule has 3 heterocycles. The first kappa shape index (κ1) is 38.5. The summed E-state index contributed by atoms with van der Waals surface area (Å²) in [7, 11) is 0. The molecule has 8 rings (SSSR count). The Balaban J connectivity index is 1.14. The first-order valence-electron chi connectivity index (χ1n) is 19.5.